The number of halogens is 1. The lowest BCUT2D eigenvalue weighted by Crippen LogP contribution is -2.01. The first-order valence-corrected chi connectivity index (χ1v) is 6.84. The maximum Gasteiger partial charge on any atom is 0.131 e. The van der Waals surface area contributed by atoms with Crippen molar-refractivity contribution in [1.82, 2.24) is 9.55 Å². The summed E-state index contributed by atoms with van der Waals surface area (Å²) in [4.78, 5) is 15.6. The van der Waals surface area contributed by atoms with Crippen molar-refractivity contribution in [3.05, 3.63) is 54.6 Å². The highest BCUT2D eigenvalue weighted by Crippen LogP contribution is 2.23. The van der Waals surface area contributed by atoms with Crippen LogP contribution in [0.1, 0.15) is 13.3 Å². The summed E-state index contributed by atoms with van der Waals surface area (Å²) in [7, 11) is 0. The zero-order valence-electron chi connectivity index (χ0n) is 11.7. The summed E-state index contributed by atoms with van der Waals surface area (Å²) in [5.74, 6) is -0.0860. The van der Waals surface area contributed by atoms with Gasteiger partial charge in [0.25, 0.3) is 0 Å². The molecule has 0 unspecified atom stereocenters. The topological polar surface area (TPSA) is 34.9 Å². The molecule has 0 bridgehead atoms. The van der Waals surface area contributed by atoms with E-state index in [0.717, 1.165) is 22.2 Å². The van der Waals surface area contributed by atoms with Crippen LogP contribution in [0.5, 0.6) is 0 Å². The zero-order valence-corrected chi connectivity index (χ0v) is 11.7. The van der Waals surface area contributed by atoms with E-state index in [0.29, 0.717) is 13.0 Å². The van der Waals surface area contributed by atoms with Gasteiger partial charge in [0.15, 0.2) is 0 Å². The largest absolute Gasteiger partial charge is 0.346 e. The minimum absolute atomic E-state index is 0.166. The lowest BCUT2D eigenvalue weighted by atomic mass is 10.1. The number of Topliss-reactive ketones (excluding diaryl/α,β-unsaturated/α-hetero) is 1. The van der Waals surface area contributed by atoms with Crippen molar-refractivity contribution in [1.29, 1.82) is 0 Å². The number of aryl methyl sites for hydroxylation is 1. The van der Waals surface area contributed by atoms with Gasteiger partial charge in [0, 0.05) is 30.9 Å². The van der Waals surface area contributed by atoms with Gasteiger partial charge in [-0.15, -0.1) is 0 Å². The van der Waals surface area contributed by atoms with E-state index in [4.69, 9.17) is 0 Å². The van der Waals surface area contributed by atoms with Crippen LogP contribution in [-0.2, 0) is 11.3 Å². The lowest BCUT2D eigenvalue weighted by Gasteiger charge is -2.06. The molecule has 0 amide bonds. The SMILES string of the molecule is CC(=O)CCn1ccc2ncc(-c3ccc(F)cc3)cc21. The molecular formula is C17H15FN2O. The van der Waals surface area contributed by atoms with Gasteiger partial charge >= 0.3 is 0 Å². The van der Waals surface area contributed by atoms with Crippen LogP contribution in [0.4, 0.5) is 4.39 Å². The third kappa shape index (κ3) is 2.84. The van der Waals surface area contributed by atoms with Gasteiger partial charge in [-0.2, -0.15) is 0 Å². The zero-order chi connectivity index (χ0) is 14.8. The summed E-state index contributed by atoms with van der Waals surface area (Å²) in [6.07, 6.45) is 4.23. The molecule has 0 saturated heterocycles. The summed E-state index contributed by atoms with van der Waals surface area (Å²) >= 11 is 0. The van der Waals surface area contributed by atoms with E-state index in [1.165, 1.54) is 12.1 Å². The highest BCUT2D eigenvalue weighted by molar-refractivity contribution is 5.82. The average molecular weight is 282 g/mol. The van der Waals surface area contributed by atoms with E-state index in [9.17, 15) is 9.18 Å². The second-order valence-electron chi connectivity index (χ2n) is 5.10. The van der Waals surface area contributed by atoms with Crippen molar-refractivity contribution in [2.45, 2.75) is 19.9 Å². The van der Waals surface area contributed by atoms with Gasteiger partial charge in [-0.25, -0.2) is 4.39 Å². The first kappa shape index (κ1) is 13.5. The second-order valence-corrected chi connectivity index (χ2v) is 5.10. The molecule has 1 aromatic carbocycles. The van der Waals surface area contributed by atoms with Crippen molar-refractivity contribution >= 4 is 16.8 Å². The van der Waals surface area contributed by atoms with E-state index >= 15 is 0 Å². The minimum Gasteiger partial charge on any atom is -0.346 e. The van der Waals surface area contributed by atoms with Crippen LogP contribution in [0, 0.1) is 5.82 Å². The van der Waals surface area contributed by atoms with Gasteiger partial charge in [-0.1, -0.05) is 12.1 Å². The Morgan fingerprint density at radius 2 is 1.95 bits per heavy atom. The van der Waals surface area contributed by atoms with Crippen molar-refractivity contribution in [3.8, 4) is 11.1 Å². The molecule has 3 aromatic rings. The Morgan fingerprint density at radius 3 is 2.67 bits per heavy atom. The number of benzene rings is 1. The van der Waals surface area contributed by atoms with Gasteiger partial charge in [-0.3, -0.25) is 9.78 Å². The van der Waals surface area contributed by atoms with Crippen molar-refractivity contribution in [2.24, 2.45) is 0 Å². The number of aromatic nitrogens is 2. The summed E-state index contributed by atoms with van der Waals surface area (Å²) in [6, 6.07) is 10.3. The number of hydrogen-bond donors (Lipinski definition) is 0. The molecule has 21 heavy (non-hydrogen) atoms. The lowest BCUT2D eigenvalue weighted by molar-refractivity contribution is -0.117. The molecule has 0 saturated carbocycles. The van der Waals surface area contributed by atoms with E-state index < -0.39 is 0 Å². The molecule has 0 N–H and O–H groups in total. The standard InChI is InChI=1S/C17H15FN2O/c1-12(21)6-8-20-9-7-16-17(20)10-14(11-19-16)13-2-4-15(18)5-3-13/h2-5,7,9-11H,6,8H2,1H3. The van der Waals surface area contributed by atoms with Crippen molar-refractivity contribution in [3.63, 3.8) is 0 Å². The Kier molecular flexibility index (Phi) is 3.52. The third-order valence-corrected chi connectivity index (χ3v) is 3.50. The molecular weight excluding hydrogens is 267 g/mol. The van der Waals surface area contributed by atoms with Crippen molar-refractivity contribution < 1.29 is 9.18 Å². The Hall–Kier alpha value is -2.49. The predicted molar refractivity (Wildman–Crippen MR) is 80.4 cm³/mol. The number of rotatable bonds is 4. The van der Waals surface area contributed by atoms with Crippen LogP contribution in [0.2, 0.25) is 0 Å². The molecule has 0 atom stereocenters. The monoisotopic (exact) mass is 282 g/mol. The Labute approximate surface area is 122 Å². The normalized spacial score (nSPS) is 11.0. The highest BCUT2D eigenvalue weighted by atomic mass is 19.1. The number of fused-ring (bicyclic) bond motifs is 1. The Morgan fingerprint density at radius 1 is 1.19 bits per heavy atom. The fourth-order valence-corrected chi connectivity index (χ4v) is 2.34. The summed E-state index contributed by atoms with van der Waals surface area (Å²) < 4.78 is 15.0. The summed E-state index contributed by atoms with van der Waals surface area (Å²) in [5, 5.41) is 0. The molecule has 2 heterocycles. The Balaban J connectivity index is 1.99. The highest BCUT2D eigenvalue weighted by Gasteiger charge is 2.06. The molecule has 0 aliphatic heterocycles. The fraction of sp³-hybridized carbons (Fsp3) is 0.176. The van der Waals surface area contributed by atoms with Gasteiger partial charge in [-0.05, 0) is 36.8 Å². The van der Waals surface area contributed by atoms with Crippen LogP contribution in [-0.4, -0.2) is 15.3 Å². The molecule has 0 radical (unpaired) electrons. The molecule has 0 fully saturated rings. The minimum atomic E-state index is -0.252. The molecule has 0 aliphatic carbocycles. The van der Waals surface area contributed by atoms with Gasteiger partial charge in [0.2, 0.25) is 0 Å². The fourth-order valence-electron chi connectivity index (χ4n) is 2.34. The van der Waals surface area contributed by atoms with Crippen LogP contribution in [0.25, 0.3) is 22.2 Å². The average Bonchev–Trinajstić information content (AvgIpc) is 2.88. The predicted octanol–water partition coefficient (Wildman–Crippen LogP) is 3.82. The smallest absolute Gasteiger partial charge is 0.131 e. The number of carbonyl (C=O) groups is 1. The molecule has 2 aromatic heterocycles. The third-order valence-electron chi connectivity index (χ3n) is 3.50. The quantitative estimate of drug-likeness (QED) is 0.729. The number of nitrogens with zero attached hydrogens (tertiary/aromatic N) is 2. The number of pyridine rings is 1. The van der Waals surface area contributed by atoms with Gasteiger partial charge < -0.3 is 4.57 Å². The summed E-state index contributed by atoms with van der Waals surface area (Å²) in [6.45, 7) is 2.24. The first-order valence-electron chi connectivity index (χ1n) is 6.84. The molecule has 106 valence electrons. The number of hydrogen-bond acceptors (Lipinski definition) is 2. The molecule has 4 heteroatoms. The summed E-state index contributed by atoms with van der Waals surface area (Å²) in [5.41, 5.74) is 3.73. The van der Waals surface area contributed by atoms with E-state index in [2.05, 4.69) is 4.98 Å². The van der Waals surface area contributed by atoms with Crippen LogP contribution in [0.3, 0.4) is 0 Å². The molecule has 0 aliphatic rings. The van der Waals surface area contributed by atoms with Gasteiger partial charge in [0.1, 0.15) is 11.6 Å². The van der Waals surface area contributed by atoms with E-state index in [-0.39, 0.29) is 11.6 Å². The van der Waals surface area contributed by atoms with Crippen LogP contribution >= 0.6 is 0 Å². The van der Waals surface area contributed by atoms with E-state index in [1.54, 1.807) is 25.3 Å². The number of ketones is 1. The first-order chi connectivity index (χ1) is 10.1. The maximum absolute atomic E-state index is 13.0. The number of carbonyl (C=O) groups excluding carboxylic acids is 1. The van der Waals surface area contributed by atoms with E-state index in [1.807, 2.05) is 22.9 Å². The van der Waals surface area contributed by atoms with Gasteiger partial charge in [0.05, 0.1) is 11.0 Å². The maximum atomic E-state index is 13.0. The molecule has 0 spiro atoms. The van der Waals surface area contributed by atoms with Crippen LogP contribution in [0.15, 0.2) is 48.8 Å². The molecule has 3 rings (SSSR count). The molecule has 3 nitrogen and oxygen atoms in total. The Bertz CT molecular complexity index is 790. The second kappa shape index (κ2) is 5.48. The van der Waals surface area contributed by atoms with Crippen LogP contribution < -0.4 is 0 Å². The van der Waals surface area contributed by atoms with Crippen molar-refractivity contribution in [2.75, 3.05) is 0 Å².